The molecule has 5 heteroatoms. The Labute approximate surface area is 103 Å². The second kappa shape index (κ2) is 4.85. The fourth-order valence-electron chi connectivity index (χ4n) is 1.69. The summed E-state index contributed by atoms with van der Waals surface area (Å²) in [4.78, 5) is 0. The Kier molecular flexibility index (Phi) is 3.45. The second-order valence-corrected chi connectivity index (χ2v) is 4.29. The number of benzene rings is 1. The number of halogens is 2. The van der Waals surface area contributed by atoms with Crippen LogP contribution in [0.1, 0.15) is 17.2 Å². The summed E-state index contributed by atoms with van der Waals surface area (Å²) in [5.41, 5.74) is 1.06. The zero-order valence-corrected chi connectivity index (χ0v) is 10.0. The van der Waals surface area contributed by atoms with Gasteiger partial charge in [-0.05, 0) is 11.6 Å². The van der Waals surface area contributed by atoms with Gasteiger partial charge in [0.15, 0.2) is 0 Å². The van der Waals surface area contributed by atoms with E-state index >= 15 is 0 Å². The van der Waals surface area contributed by atoms with Crippen molar-refractivity contribution >= 4 is 11.6 Å². The fraction of sp³-hybridized carbons (Fsp3) is 0.250. The second-order valence-electron chi connectivity index (χ2n) is 3.89. The number of nitrogens with zero attached hydrogens (tertiary/aromatic N) is 2. The van der Waals surface area contributed by atoms with Crippen molar-refractivity contribution in [2.24, 2.45) is 7.05 Å². The molecule has 17 heavy (non-hydrogen) atoms. The van der Waals surface area contributed by atoms with Crippen LogP contribution in [0.25, 0.3) is 0 Å². The predicted octanol–water partition coefficient (Wildman–Crippen LogP) is 2.49. The van der Waals surface area contributed by atoms with Gasteiger partial charge in [0.05, 0.1) is 17.3 Å². The molecule has 1 N–H and O–H groups in total. The summed E-state index contributed by atoms with van der Waals surface area (Å²) in [5.74, 6) is -0.564. The number of rotatable bonds is 3. The molecule has 2 rings (SSSR count). The van der Waals surface area contributed by atoms with E-state index in [4.69, 9.17) is 11.6 Å². The number of aliphatic hydroxyl groups excluding tert-OH is 1. The van der Waals surface area contributed by atoms with Crippen LogP contribution in [0.15, 0.2) is 30.6 Å². The molecular weight excluding hydrogens is 243 g/mol. The van der Waals surface area contributed by atoms with Crippen LogP contribution in [0, 0.1) is 5.82 Å². The van der Waals surface area contributed by atoms with Crippen molar-refractivity contribution in [2.75, 3.05) is 0 Å². The van der Waals surface area contributed by atoms with E-state index in [1.54, 1.807) is 30.2 Å². The minimum absolute atomic E-state index is 0.0211. The van der Waals surface area contributed by atoms with Crippen LogP contribution in [0.3, 0.4) is 0 Å². The summed E-state index contributed by atoms with van der Waals surface area (Å²) in [6.07, 6.45) is 2.82. The van der Waals surface area contributed by atoms with Gasteiger partial charge >= 0.3 is 0 Å². The molecule has 0 saturated heterocycles. The van der Waals surface area contributed by atoms with E-state index in [0.717, 1.165) is 5.56 Å². The maximum absolute atomic E-state index is 13.6. The van der Waals surface area contributed by atoms with E-state index in [1.807, 2.05) is 0 Å². The molecule has 0 aliphatic heterocycles. The van der Waals surface area contributed by atoms with Crippen LogP contribution in [0.2, 0.25) is 5.02 Å². The highest BCUT2D eigenvalue weighted by molar-refractivity contribution is 6.30. The standard InChI is InChI=1S/C12H12ClFN2O/c1-16-7-8(6-15-16)5-11(17)9-3-2-4-10(13)12(9)14/h2-4,6-7,11,17H,5H2,1H3. The van der Waals surface area contributed by atoms with Crippen molar-refractivity contribution in [3.05, 3.63) is 52.6 Å². The first kappa shape index (κ1) is 12.1. The molecule has 0 aliphatic rings. The van der Waals surface area contributed by atoms with Gasteiger partial charge in [0, 0.05) is 25.2 Å². The smallest absolute Gasteiger partial charge is 0.147 e. The van der Waals surface area contributed by atoms with E-state index in [1.165, 1.54) is 12.1 Å². The third kappa shape index (κ3) is 2.65. The van der Waals surface area contributed by atoms with Gasteiger partial charge in [-0.25, -0.2) is 4.39 Å². The van der Waals surface area contributed by atoms with Crippen molar-refractivity contribution in [3.63, 3.8) is 0 Å². The van der Waals surface area contributed by atoms with Crippen molar-refractivity contribution in [2.45, 2.75) is 12.5 Å². The average molecular weight is 255 g/mol. The summed E-state index contributed by atoms with van der Waals surface area (Å²) in [6.45, 7) is 0. The van der Waals surface area contributed by atoms with Gasteiger partial charge in [-0.15, -0.1) is 0 Å². The summed E-state index contributed by atoms with van der Waals surface area (Å²) >= 11 is 5.66. The molecular formula is C12H12ClFN2O. The maximum atomic E-state index is 13.6. The zero-order valence-electron chi connectivity index (χ0n) is 9.27. The van der Waals surface area contributed by atoms with Gasteiger partial charge in [0.25, 0.3) is 0 Å². The molecule has 1 heterocycles. The molecule has 90 valence electrons. The van der Waals surface area contributed by atoms with Gasteiger partial charge in [0.1, 0.15) is 5.82 Å². The number of aliphatic hydroxyl groups is 1. The normalized spacial score (nSPS) is 12.7. The summed E-state index contributed by atoms with van der Waals surface area (Å²) in [6, 6.07) is 4.60. The predicted molar refractivity (Wildman–Crippen MR) is 63.3 cm³/mol. The highest BCUT2D eigenvalue weighted by Gasteiger charge is 2.15. The summed E-state index contributed by atoms with van der Waals surface area (Å²) < 4.78 is 15.3. The third-order valence-corrected chi connectivity index (χ3v) is 2.82. The summed E-state index contributed by atoms with van der Waals surface area (Å²) in [7, 11) is 1.79. The van der Waals surface area contributed by atoms with Crippen molar-refractivity contribution in [3.8, 4) is 0 Å². The lowest BCUT2D eigenvalue weighted by Gasteiger charge is -2.11. The van der Waals surface area contributed by atoms with Gasteiger partial charge in [-0.2, -0.15) is 5.10 Å². The Hall–Kier alpha value is -1.39. The Morgan fingerprint density at radius 1 is 1.53 bits per heavy atom. The monoisotopic (exact) mass is 254 g/mol. The van der Waals surface area contributed by atoms with Crippen LogP contribution in [-0.4, -0.2) is 14.9 Å². The van der Waals surface area contributed by atoms with Crippen molar-refractivity contribution in [1.82, 2.24) is 9.78 Å². The lowest BCUT2D eigenvalue weighted by atomic mass is 10.0. The lowest BCUT2D eigenvalue weighted by Crippen LogP contribution is -2.04. The highest BCUT2D eigenvalue weighted by Crippen LogP contribution is 2.25. The first-order valence-electron chi connectivity index (χ1n) is 5.17. The number of aromatic nitrogens is 2. The SMILES string of the molecule is Cn1cc(CC(O)c2cccc(Cl)c2F)cn1. The molecule has 0 saturated carbocycles. The molecule has 0 fully saturated rings. The molecule has 0 aliphatic carbocycles. The van der Waals surface area contributed by atoms with Crippen molar-refractivity contribution in [1.29, 1.82) is 0 Å². The first-order valence-corrected chi connectivity index (χ1v) is 5.55. The van der Waals surface area contributed by atoms with Crippen LogP contribution in [0.5, 0.6) is 0 Å². The van der Waals surface area contributed by atoms with Gasteiger partial charge in [0.2, 0.25) is 0 Å². The number of hydrogen-bond acceptors (Lipinski definition) is 2. The third-order valence-electron chi connectivity index (χ3n) is 2.53. The molecule has 2 aromatic rings. The highest BCUT2D eigenvalue weighted by atomic mass is 35.5. The summed E-state index contributed by atoms with van der Waals surface area (Å²) in [5, 5.41) is 14.0. The topological polar surface area (TPSA) is 38.0 Å². The maximum Gasteiger partial charge on any atom is 0.147 e. The van der Waals surface area contributed by atoms with E-state index in [9.17, 15) is 9.50 Å². The molecule has 1 aromatic heterocycles. The van der Waals surface area contributed by atoms with E-state index in [-0.39, 0.29) is 10.6 Å². The number of aryl methyl sites for hydroxylation is 1. The van der Waals surface area contributed by atoms with E-state index < -0.39 is 11.9 Å². The molecule has 3 nitrogen and oxygen atoms in total. The number of hydrogen-bond donors (Lipinski definition) is 1. The lowest BCUT2D eigenvalue weighted by molar-refractivity contribution is 0.173. The molecule has 1 unspecified atom stereocenters. The van der Waals surface area contributed by atoms with Crippen molar-refractivity contribution < 1.29 is 9.50 Å². The molecule has 0 amide bonds. The average Bonchev–Trinajstić information content (AvgIpc) is 2.68. The zero-order chi connectivity index (χ0) is 12.4. The fourth-order valence-corrected chi connectivity index (χ4v) is 1.87. The largest absolute Gasteiger partial charge is 0.388 e. The molecule has 1 atom stereocenters. The van der Waals surface area contributed by atoms with Gasteiger partial charge in [-0.3, -0.25) is 4.68 Å². The minimum Gasteiger partial charge on any atom is -0.388 e. The first-order chi connectivity index (χ1) is 8.08. The van der Waals surface area contributed by atoms with Crippen LogP contribution in [0.4, 0.5) is 4.39 Å². The Morgan fingerprint density at radius 3 is 2.94 bits per heavy atom. The molecule has 0 bridgehead atoms. The quantitative estimate of drug-likeness (QED) is 0.914. The molecule has 0 radical (unpaired) electrons. The Morgan fingerprint density at radius 2 is 2.29 bits per heavy atom. The van der Waals surface area contributed by atoms with Crippen LogP contribution in [-0.2, 0) is 13.5 Å². The van der Waals surface area contributed by atoms with Crippen LogP contribution >= 0.6 is 11.6 Å². The Bertz CT molecular complexity index is 527. The van der Waals surface area contributed by atoms with Crippen LogP contribution < -0.4 is 0 Å². The Balaban J connectivity index is 2.20. The molecule has 0 spiro atoms. The van der Waals surface area contributed by atoms with Gasteiger partial charge < -0.3 is 5.11 Å². The van der Waals surface area contributed by atoms with E-state index in [2.05, 4.69) is 5.10 Å². The van der Waals surface area contributed by atoms with E-state index in [0.29, 0.717) is 6.42 Å². The molecule has 1 aromatic carbocycles. The van der Waals surface area contributed by atoms with Gasteiger partial charge in [-0.1, -0.05) is 23.7 Å². The minimum atomic E-state index is -0.919.